The predicted octanol–water partition coefficient (Wildman–Crippen LogP) is 30.0. The van der Waals surface area contributed by atoms with Gasteiger partial charge in [-0.3, -0.25) is 9.59 Å². The van der Waals surface area contributed by atoms with Gasteiger partial charge in [0.05, 0.1) is 25.4 Å². The lowest BCUT2D eigenvalue weighted by atomic mass is 10.0. The predicted molar refractivity (Wildman–Crippen MR) is 421 cm³/mol. The summed E-state index contributed by atoms with van der Waals surface area (Å²) in [4.78, 5) is 24.7. The molecule has 0 fully saturated rings. The molecule has 0 aliphatic rings. The summed E-state index contributed by atoms with van der Waals surface area (Å²) in [6.45, 7) is 5.03. The molecule has 0 aromatic carbocycles. The molecule has 0 aromatic heterocycles. The number of esters is 1. The summed E-state index contributed by atoms with van der Waals surface area (Å²) in [5, 5.41) is 23.5. The van der Waals surface area contributed by atoms with Gasteiger partial charge in [0.15, 0.2) is 0 Å². The maximum Gasteiger partial charge on any atom is 0.305 e. The molecule has 2 unspecified atom stereocenters. The van der Waals surface area contributed by atoms with Crippen molar-refractivity contribution in [3.8, 4) is 0 Å². The lowest BCUT2D eigenvalue weighted by Crippen LogP contribution is -2.45. The Morgan fingerprint density at radius 1 is 0.253 bits per heavy atom. The average molecular weight is 1340 g/mol. The Morgan fingerprint density at radius 3 is 0.642 bits per heavy atom. The third kappa shape index (κ3) is 81.7. The van der Waals surface area contributed by atoms with Gasteiger partial charge < -0.3 is 20.3 Å². The highest BCUT2D eigenvalue weighted by atomic mass is 16.5. The van der Waals surface area contributed by atoms with Gasteiger partial charge in [0.25, 0.3) is 0 Å². The standard InChI is InChI=1S/C89H177NO5/c1-3-5-7-9-11-13-15-17-19-21-23-24-40-43-46-49-53-57-61-65-69-73-77-81-87(92)86(85-91)90-88(93)82-78-74-70-66-62-58-54-50-47-44-41-38-36-34-32-30-28-26-25-27-29-31-33-35-37-39-42-45-48-52-56-60-64-68-72-76-80-84-95-89(94)83-79-75-71-67-63-59-55-51-22-20-18-16-14-12-10-8-6-4-2/h86-87,91-92H,3-85H2,1-2H3,(H,90,93). The van der Waals surface area contributed by atoms with Gasteiger partial charge in [0, 0.05) is 12.8 Å². The Morgan fingerprint density at radius 2 is 0.432 bits per heavy atom. The zero-order valence-electron chi connectivity index (χ0n) is 65.5. The fraction of sp³-hybridized carbons (Fsp3) is 0.978. The largest absolute Gasteiger partial charge is 0.466 e. The number of unbranched alkanes of at least 4 members (excludes halogenated alkanes) is 75. The van der Waals surface area contributed by atoms with Crippen LogP contribution in [0.4, 0.5) is 0 Å². The van der Waals surface area contributed by atoms with Gasteiger partial charge >= 0.3 is 5.97 Å². The van der Waals surface area contributed by atoms with Crippen molar-refractivity contribution in [2.45, 2.75) is 546 Å². The number of hydrogen-bond donors (Lipinski definition) is 3. The second kappa shape index (κ2) is 85.3. The van der Waals surface area contributed by atoms with Gasteiger partial charge in [-0.15, -0.1) is 0 Å². The first-order valence-corrected chi connectivity index (χ1v) is 44.8. The van der Waals surface area contributed by atoms with E-state index in [2.05, 4.69) is 19.2 Å². The molecule has 6 heteroatoms. The molecule has 0 saturated carbocycles. The molecule has 0 aliphatic heterocycles. The van der Waals surface area contributed by atoms with Crippen LogP contribution < -0.4 is 5.32 Å². The summed E-state index contributed by atoms with van der Waals surface area (Å²) in [5.74, 6) is 0.00738. The van der Waals surface area contributed by atoms with E-state index in [1.54, 1.807) is 0 Å². The Bertz CT molecular complexity index is 1410. The second-order valence-corrected chi connectivity index (χ2v) is 31.3. The monoisotopic (exact) mass is 1340 g/mol. The fourth-order valence-electron chi connectivity index (χ4n) is 14.9. The number of carbonyl (C=O) groups is 2. The van der Waals surface area contributed by atoms with Crippen LogP contribution in [0.25, 0.3) is 0 Å². The van der Waals surface area contributed by atoms with E-state index in [0.717, 1.165) is 38.5 Å². The quantitative estimate of drug-likeness (QED) is 0.0417. The first-order chi connectivity index (χ1) is 47.0. The fourth-order valence-corrected chi connectivity index (χ4v) is 14.9. The molecule has 1 amide bonds. The maximum absolute atomic E-state index is 12.6. The molecular weight excluding hydrogens is 1160 g/mol. The van der Waals surface area contributed by atoms with Crippen LogP contribution in [0, 0.1) is 0 Å². The van der Waals surface area contributed by atoms with Crippen LogP contribution in [-0.4, -0.2) is 47.4 Å². The average Bonchev–Trinajstić information content (AvgIpc) is 3.31. The van der Waals surface area contributed by atoms with E-state index in [1.807, 2.05) is 0 Å². The molecule has 0 rings (SSSR count). The van der Waals surface area contributed by atoms with Crippen LogP contribution in [0.15, 0.2) is 0 Å². The lowest BCUT2D eigenvalue weighted by Gasteiger charge is -2.22. The minimum atomic E-state index is -0.661. The number of aliphatic hydroxyl groups is 2. The van der Waals surface area contributed by atoms with Crippen LogP contribution >= 0.6 is 0 Å². The van der Waals surface area contributed by atoms with Crippen molar-refractivity contribution in [1.82, 2.24) is 5.32 Å². The van der Waals surface area contributed by atoms with Crippen LogP contribution in [0.3, 0.4) is 0 Å². The summed E-state index contributed by atoms with van der Waals surface area (Å²) in [7, 11) is 0. The number of hydrogen-bond acceptors (Lipinski definition) is 5. The molecule has 0 saturated heterocycles. The molecule has 2 atom stereocenters. The Labute approximate surface area is 597 Å². The van der Waals surface area contributed by atoms with E-state index < -0.39 is 12.1 Å². The summed E-state index contributed by atoms with van der Waals surface area (Å²) in [6.07, 6.45) is 108. The highest BCUT2D eigenvalue weighted by Gasteiger charge is 2.20. The Balaban J connectivity index is 3.29. The van der Waals surface area contributed by atoms with E-state index >= 15 is 0 Å². The van der Waals surface area contributed by atoms with Crippen molar-refractivity contribution in [2.24, 2.45) is 0 Å². The zero-order valence-corrected chi connectivity index (χ0v) is 65.5. The van der Waals surface area contributed by atoms with Gasteiger partial charge in [-0.25, -0.2) is 0 Å². The van der Waals surface area contributed by atoms with E-state index in [-0.39, 0.29) is 18.5 Å². The number of ether oxygens (including phenoxy) is 1. The van der Waals surface area contributed by atoms with E-state index in [1.165, 1.54) is 462 Å². The third-order valence-corrected chi connectivity index (χ3v) is 21.7. The molecule has 0 bridgehead atoms. The van der Waals surface area contributed by atoms with Gasteiger partial charge in [-0.1, -0.05) is 495 Å². The number of nitrogens with one attached hydrogen (secondary N) is 1. The molecule has 0 radical (unpaired) electrons. The van der Waals surface area contributed by atoms with E-state index in [0.29, 0.717) is 25.9 Å². The van der Waals surface area contributed by atoms with E-state index in [4.69, 9.17) is 4.74 Å². The lowest BCUT2D eigenvalue weighted by molar-refractivity contribution is -0.143. The van der Waals surface area contributed by atoms with Crippen molar-refractivity contribution in [3.05, 3.63) is 0 Å². The van der Waals surface area contributed by atoms with Gasteiger partial charge in [0.1, 0.15) is 0 Å². The normalized spacial score (nSPS) is 12.3. The molecule has 6 nitrogen and oxygen atoms in total. The number of rotatable bonds is 86. The summed E-state index contributed by atoms with van der Waals surface area (Å²) >= 11 is 0. The molecule has 568 valence electrons. The van der Waals surface area contributed by atoms with Crippen molar-refractivity contribution in [3.63, 3.8) is 0 Å². The number of amides is 1. The van der Waals surface area contributed by atoms with Crippen LogP contribution in [0.2, 0.25) is 0 Å². The number of aliphatic hydroxyl groups excluding tert-OH is 2. The Kier molecular flexibility index (Phi) is 84.2. The van der Waals surface area contributed by atoms with Crippen molar-refractivity contribution < 1.29 is 24.5 Å². The molecule has 0 heterocycles. The highest BCUT2D eigenvalue weighted by molar-refractivity contribution is 5.76. The summed E-state index contributed by atoms with van der Waals surface area (Å²) in [5.41, 5.74) is 0. The molecule has 0 spiro atoms. The highest BCUT2D eigenvalue weighted by Crippen LogP contribution is 2.22. The minimum absolute atomic E-state index is 0.0222. The van der Waals surface area contributed by atoms with Gasteiger partial charge in [-0.2, -0.15) is 0 Å². The van der Waals surface area contributed by atoms with E-state index in [9.17, 15) is 19.8 Å². The topological polar surface area (TPSA) is 95.9 Å². The third-order valence-electron chi connectivity index (χ3n) is 21.7. The zero-order chi connectivity index (χ0) is 68.4. The van der Waals surface area contributed by atoms with Crippen molar-refractivity contribution in [2.75, 3.05) is 13.2 Å². The molecule has 0 aliphatic carbocycles. The van der Waals surface area contributed by atoms with Crippen molar-refractivity contribution in [1.29, 1.82) is 0 Å². The summed E-state index contributed by atoms with van der Waals surface area (Å²) in [6, 6.07) is -0.537. The molecule has 3 N–H and O–H groups in total. The summed E-state index contributed by atoms with van der Waals surface area (Å²) < 4.78 is 5.53. The SMILES string of the molecule is CCCCCCCCCCCCCCCCCCCCCCCCCC(O)C(CO)NC(=O)CCCCCCCCCCCCCCCCCCCCCCCCCCCCCCCCCCCCCCCOC(=O)CCCCCCCCCCCCCCCCCCCC. The van der Waals surface area contributed by atoms with Gasteiger partial charge in [-0.05, 0) is 25.7 Å². The first kappa shape index (κ1) is 93.9. The van der Waals surface area contributed by atoms with Crippen LogP contribution in [-0.2, 0) is 14.3 Å². The minimum Gasteiger partial charge on any atom is -0.466 e. The number of carbonyl (C=O) groups excluding carboxylic acids is 2. The maximum atomic E-state index is 12.6. The van der Waals surface area contributed by atoms with Crippen molar-refractivity contribution >= 4 is 11.9 Å². The molecule has 0 aromatic rings. The second-order valence-electron chi connectivity index (χ2n) is 31.3. The molecule has 95 heavy (non-hydrogen) atoms. The molecular formula is C89H177NO5. The van der Waals surface area contributed by atoms with Crippen LogP contribution in [0.1, 0.15) is 534 Å². The van der Waals surface area contributed by atoms with Gasteiger partial charge in [0.2, 0.25) is 5.91 Å². The Hall–Kier alpha value is -1.14. The smallest absolute Gasteiger partial charge is 0.305 e. The van der Waals surface area contributed by atoms with Crippen LogP contribution in [0.5, 0.6) is 0 Å². The first-order valence-electron chi connectivity index (χ1n) is 44.8.